The summed E-state index contributed by atoms with van der Waals surface area (Å²) < 4.78 is 5.96. The lowest BCUT2D eigenvalue weighted by atomic mass is 10.1. The van der Waals surface area contributed by atoms with Gasteiger partial charge in [0.05, 0.1) is 11.9 Å². The fourth-order valence-corrected chi connectivity index (χ4v) is 3.25. The van der Waals surface area contributed by atoms with Crippen LogP contribution in [0.2, 0.25) is 0 Å². The lowest BCUT2D eigenvalue weighted by Crippen LogP contribution is -2.21. The average molecular weight is 407 g/mol. The second kappa shape index (κ2) is 10.1. The number of nitrogens with one attached hydrogen (secondary N) is 1. The maximum atomic E-state index is 12.1. The van der Waals surface area contributed by atoms with Crippen molar-refractivity contribution in [3.05, 3.63) is 66.0 Å². The predicted octanol–water partition coefficient (Wildman–Crippen LogP) is 4.80. The summed E-state index contributed by atoms with van der Waals surface area (Å²) in [7, 11) is 5.60. The molecule has 0 aliphatic rings. The van der Waals surface area contributed by atoms with Crippen molar-refractivity contribution in [1.82, 2.24) is 20.0 Å². The summed E-state index contributed by atoms with van der Waals surface area (Å²) in [5.41, 5.74) is 3.90. The monoisotopic (exact) mass is 406 g/mol. The molecule has 158 valence electrons. The Bertz CT molecular complexity index is 963. The summed E-state index contributed by atoms with van der Waals surface area (Å²) in [6.07, 6.45) is 4.25. The van der Waals surface area contributed by atoms with Gasteiger partial charge >= 0.3 is 0 Å². The van der Waals surface area contributed by atoms with E-state index >= 15 is 0 Å². The minimum Gasteiger partial charge on any atom is -0.457 e. The summed E-state index contributed by atoms with van der Waals surface area (Å²) in [6.45, 7) is 4.10. The number of amides is 1. The molecular weight excluding hydrogens is 376 g/mol. The van der Waals surface area contributed by atoms with E-state index in [1.165, 1.54) is 12.8 Å². The van der Waals surface area contributed by atoms with Crippen LogP contribution in [0.25, 0.3) is 11.1 Å². The minimum atomic E-state index is -0.0489. The first kappa shape index (κ1) is 21.6. The van der Waals surface area contributed by atoms with Crippen molar-refractivity contribution in [2.45, 2.75) is 26.3 Å². The number of aromatic amines is 1. The Morgan fingerprint density at radius 3 is 2.53 bits per heavy atom. The summed E-state index contributed by atoms with van der Waals surface area (Å²) >= 11 is 0. The van der Waals surface area contributed by atoms with Gasteiger partial charge in [0, 0.05) is 31.8 Å². The molecule has 1 heterocycles. The van der Waals surface area contributed by atoms with Crippen molar-refractivity contribution in [2.24, 2.45) is 0 Å². The molecule has 0 bridgehead atoms. The molecule has 1 amide bonds. The zero-order chi connectivity index (χ0) is 21.5. The van der Waals surface area contributed by atoms with Crippen molar-refractivity contribution in [3.63, 3.8) is 0 Å². The van der Waals surface area contributed by atoms with Gasteiger partial charge in [-0.2, -0.15) is 5.10 Å². The number of carbonyl (C=O) groups is 1. The Morgan fingerprint density at radius 2 is 1.83 bits per heavy atom. The van der Waals surface area contributed by atoms with E-state index in [4.69, 9.17) is 4.74 Å². The summed E-state index contributed by atoms with van der Waals surface area (Å²) in [6, 6.07) is 15.2. The summed E-state index contributed by atoms with van der Waals surface area (Å²) in [5, 5.41) is 7.38. The number of H-pyrrole nitrogens is 1. The number of hydrogen-bond acceptors (Lipinski definition) is 4. The van der Waals surface area contributed by atoms with Crippen molar-refractivity contribution in [3.8, 4) is 22.6 Å². The fourth-order valence-electron chi connectivity index (χ4n) is 3.25. The molecule has 0 saturated heterocycles. The lowest BCUT2D eigenvalue weighted by molar-refractivity contribution is 0.0827. The van der Waals surface area contributed by atoms with E-state index in [-0.39, 0.29) is 5.91 Å². The van der Waals surface area contributed by atoms with Gasteiger partial charge in [-0.1, -0.05) is 31.5 Å². The number of benzene rings is 2. The van der Waals surface area contributed by atoms with Gasteiger partial charge in [-0.3, -0.25) is 9.89 Å². The molecule has 0 fully saturated rings. The zero-order valence-corrected chi connectivity index (χ0v) is 18.2. The lowest BCUT2D eigenvalue weighted by Gasteiger charge is -2.16. The molecule has 3 rings (SSSR count). The van der Waals surface area contributed by atoms with Crippen LogP contribution in [0.3, 0.4) is 0 Å². The Balaban J connectivity index is 1.70. The van der Waals surface area contributed by atoms with Gasteiger partial charge in [-0.05, 0) is 55.9 Å². The fraction of sp³-hybridized carbons (Fsp3) is 0.333. The van der Waals surface area contributed by atoms with Crippen molar-refractivity contribution >= 4 is 5.91 Å². The Morgan fingerprint density at radius 1 is 1.07 bits per heavy atom. The van der Waals surface area contributed by atoms with Crippen LogP contribution in [-0.4, -0.2) is 53.6 Å². The van der Waals surface area contributed by atoms with Crippen LogP contribution < -0.4 is 4.74 Å². The van der Waals surface area contributed by atoms with Gasteiger partial charge in [-0.25, -0.2) is 0 Å². The van der Waals surface area contributed by atoms with E-state index in [1.54, 1.807) is 31.1 Å². The number of nitrogens with zero attached hydrogens (tertiary/aromatic N) is 3. The molecule has 3 aromatic rings. The summed E-state index contributed by atoms with van der Waals surface area (Å²) in [5.74, 6) is 1.31. The zero-order valence-electron chi connectivity index (χ0n) is 18.2. The van der Waals surface area contributed by atoms with Gasteiger partial charge < -0.3 is 14.5 Å². The molecule has 6 heteroatoms. The molecule has 30 heavy (non-hydrogen) atoms. The number of carbonyl (C=O) groups excluding carboxylic acids is 1. The molecule has 0 aliphatic heterocycles. The van der Waals surface area contributed by atoms with E-state index < -0.39 is 0 Å². The topological polar surface area (TPSA) is 61.5 Å². The third kappa shape index (κ3) is 5.48. The quantitative estimate of drug-likeness (QED) is 0.554. The smallest absolute Gasteiger partial charge is 0.253 e. The second-order valence-corrected chi connectivity index (χ2v) is 7.71. The first-order valence-corrected chi connectivity index (χ1v) is 10.3. The molecule has 2 aromatic carbocycles. The molecule has 0 atom stereocenters. The number of ether oxygens (including phenoxy) is 1. The molecular formula is C24H30N4O2. The minimum absolute atomic E-state index is 0.0489. The van der Waals surface area contributed by atoms with E-state index in [2.05, 4.69) is 29.1 Å². The van der Waals surface area contributed by atoms with Crippen molar-refractivity contribution < 1.29 is 9.53 Å². The number of rotatable bonds is 9. The van der Waals surface area contributed by atoms with Gasteiger partial charge in [0.2, 0.25) is 0 Å². The number of hydrogen-bond donors (Lipinski definition) is 1. The molecule has 6 nitrogen and oxygen atoms in total. The van der Waals surface area contributed by atoms with Gasteiger partial charge in [0.1, 0.15) is 11.5 Å². The third-order valence-electron chi connectivity index (χ3n) is 4.93. The first-order valence-electron chi connectivity index (χ1n) is 10.3. The highest BCUT2D eigenvalue weighted by molar-refractivity contribution is 5.94. The van der Waals surface area contributed by atoms with E-state index in [1.807, 2.05) is 42.6 Å². The maximum Gasteiger partial charge on any atom is 0.253 e. The Hall–Kier alpha value is -3.12. The normalized spacial score (nSPS) is 11.0. The summed E-state index contributed by atoms with van der Waals surface area (Å²) in [4.78, 5) is 16.0. The van der Waals surface area contributed by atoms with Gasteiger partial charge in [-0.15, -0.1) is 0 Å². The Kier molecular flexibility index (Phi) is 7.25. The highest BCUT2D eigenvalue weighted by Gasteiger charge is 2.11. The van der Waals surface area contributed by atoms with E-state index in [0.717, 1.165) is 35.7 Å². The van der Waals surface area contributed by atoms with Gasteiger partial charge in [0.25, 0.3) is 5.91 Å². The van der Waals surface area contributed by atoms with Gasteiger partial charge in [0.15, 0.2) is 0 Å². The average Bonchev–Trinajstić information content (AvgIpc) is 3.20. The van der Waals surface area contributed by atoms with Crippen LogP contribution in [0.5, 0.6) is 11.5 Å². The number of unbranched alkanes of at least 4 members (excludes halogenated alkanes) is 1. The molecule has 0 saturated carbocycles. The van der Waals surface area contributed by atoms with E-state index in [9.17, 15) is 4.79 Å². The molecule has 0 radical (unpaired) electrons. The number of aromatic nitrogens is 2. The molecule has 0 spiro atoms. The predicted molar refractivity (Wildman–Crippen MR) is 120 cm³/mol. The molecule has 0 aliphatic carbocycles. The van der Waals surface area contributed by atoms with Crippen LogP contribution in [-0.2, 0) is 6.54 Å². The van der Waals surface area contributed by atoms with Crippen LogP contribution in [0, 0.1) is 0 Å². The SMILES string of the molecule is CCCCN(C)Cc1[nH]ncc1-c1ccc(Oc2cccc(C(=O)N(C)C)c2)cc1. The van der Waals surface area contributed by atoms with Crippen molar-refractivity contribution in [1.29, 1.82) is 0 Å². The first-order chi connectivity index (χ1) is 14.5. The van der Waals surface area contributed by atoms with Crippen molar-refractivity contribution in [2.75, 3.05) is 27.7 Å². The Labute approximate surface area is 178 Å². The van der Waals surface area contributed by atoms with Crippen LogP contribution in [0.15, 0.2) is 54.7 Å². The molecule has 1 N–H and O–H groups in total. The third-order valence-corrected chi connectivity index (χ3v) is 4.93. The van der Waals surface area contributed by atoms with Crippen LogP contribution >= 0.6 is 0 Å². The van der Waals surface area contributed by atoms with E-state index in [0.29, 0.717) is 11.3 Å². The second-order valence-electron chi connectivity index (χ2n) is 7.71. The maximum absolute atomic E-state index is 12.1. The highest BCUT2D eigenvalue weighted by Crippen LogP contribution is 2.28. The largest absolute Gasteiger partial charge is 0.457 e. The molecule has 1 aromatic heterocycles. The highest BCUT2D eigenvalue weighted by atomic mass is 16.5. The standard InChI is InChI=1S/C24H30N4O2/c1-5-6-14-28(4)17-23-22(16-25-26-23)18-10-12-20(13-11-18)30-21-9-7-8-19(15-21)24(29)27(2)3/h7-13,15-16H,5-6,14,17H2,1-4H3,(H,25,26). The molecule has 0 unspecified atom stereocenters. The van der Waals surface area contributed by atoms with Crippen LogP contribution in [0.4, 0.5) is 0 Å². The van der Waals surface area contributed by atoms with Crippen LogP contribution in [0.1, 0.15) is 35.8 Å².